The van der Waals surface area contributed by atoms with E-state index in [4.69, 9.17) is 64.6 Å². The summed E-state index contributed by atoms with van der Waals surface area (Å²) in [5, 5.41) is 54.3. The standard InChI is InChI=1S/C83H122N14O19/c1-51-18-10-9-11-19-52(2)67(108-7)47-60-25-22-56(6)83(107,116-60)77(104)80(105)96-32-15-12-21-63(96)81(106)114-68(48-64(98)53(3)43-55(5)75(102)76(103)74(101)54(4)42-51)61(84)44-57-23-26-66(69(45-57)109-8)113-35-17-13-20-59-49-95(94-92-59)34-37-111-39-41-112-40-38-110-36-31-88-71(100)29-28-70(99)87-30-14-16-33-97-79-72(78(85)89-50-90-79)73(93-97)58-24-27-65-62(46-58)91-82(86)115-65/h9-11,18-19,24,27,43,46,49-51,53-54,56-57,60-61,63,66-69,75-76,102-103,107H,12-17,20-23,25-26,28-42,44-45,47-48,84H2,1-8H3,(H2,86,91)(H,87,99)(H,88,100)(H2,85,89,90)/b11-9?,18-10+,52-19?,55-43+/t51?,53?,54?,56-,57?,60+,61-,63+,66?,67?,68?,69-,75-,76+,83-/m1/s1. The van der Waals surface area contributed by atoms with E-state index >= 15 is 0 Å². The largest absolute Gasteiger partial charge is 0.459 e. The summed E-state index contributed by atoms with van der Waals surface area (Å²) in [6, 6.07) is 3.37. The number of carbonyl (C=O) groups is 7. The molecule has 33 heteroatoms. The maximum atomic E-state index is 14.7. The zero-order valence-electron chi connectivity index (χ0n) is 68.5. The molecule has 3 aliphatic heterocycles. The number of nitrogens with one attached hydrogen (secondary N) is 2. The molecule has 0 spiro atoms. The molecule has 7 heterocycles. The van der Waals surface area contributed by atoms with E-state index in [9.17, 15) is 48.9 Å². The number of aromatic nitrogens is 8. The highest BCUT2D eigenvalue weighted by atomic mass is 16.6. The number of anilines is 2. The number of hydrogen-bond donors (Lipinski definition) is 8. The van der Waals surface area contributed by atoms with Crippen LogP contribution in [-0.2, 0) is 91.0 Å². The van der Waals surface area contributed by atoms with E-state index < -0.39 is 95.4 Å². The van der Waals surface area contributed by atoms with E-state index in [1.165, 1.54) is 19.3 Å². The van der Waals surface area contributed by atoms with Gasteiger partial charge in [-0.25, -0.2) is 24.1 Å². The van der Waals surface area contributed by atoms with Gasteiger partial charge in [0.05, 0.1) is 81.7 Å². The molecule has 1 aliphatic carbocycles. The predicted molar refractivity (Wildman–Crippen MR) is 430 cm³/mol. The van der Waals surface area contributed by atoms with E-state index in [0.717, 1.165) is 34.6 Å². The molecule has 0 radical (unpaired) electrons. The molecule has 638 valence electrons. The number of allylic oxidation sites excluding steroid dienone is 6. The first-order chi connectivity index (χ1) is 55.7. The fourth-order valence-electron chi connectivity index (χ4n) is 15.5. The zero-order chi connectivity index (χ0) is 83.4. The number of piperidine rings is 1. The number of ketones is 3. The highest BCUT2D eigenvalue weighted by Gasteiger charge is 2.53. The summed E-state index contributed by atoms with van der Waals surface area (Å²) in [6.07, 6.45) is 16.2. The van der Waals surface area contributed by atoms with Gasteiger partial charge in [0.15, 0.2) is 17.0 Å². The number of rotatable bonds is 32. The number of esters is 1. The van der Waals surface area contributed by atoms with Crippen LogP contribution in [0.5, 0.6) is 0 Å². The molecule has 2 bridgehead atoms. The van der Waals surface area contributed by atoms with E-state index in [1.54, 1.807) is 50.4 Å². The molecule has 33 nitrogen and oxygen atoms in total. The number of fused-ring (bicyclic) bond motifs is 5. The first kappa shape index (κ1) is 91.3. The minimum Gasteiger partial charge on any atom is -0.459 e. The Balaban J connectivity index is 0.651. The van der Waals surface area contributed by atoms with E-state index in [1.807, 2.05) is 62.6 Å². The SMILES string of the molecule is COC1C[C@@H]2CC[C@@H](C)[C@@](O)(O2)C(=O)C(=O)N2CCCC[C@H]2C(=O)OC([C@H](N)CC2CCC(OCCCCc3cn(CCOCCOCCOCCNC(=O)CCC(=O)NCCCCn4nc(-c5ccc6oc(N)nc6c5)c5c(N)ncnc54)nn3)[C@H](OC)C2)CC(=O)C(C)/C=C(\C)[C@@H](O)[C@@H](O)C(=O)C(C)CC(C)/C=C/C=CC=C1C. The van der Waals surface area contributed by atoms with Crippen molar-refractivity contribution in [1.82, 2.24) is 55.3 Å². The number of methoxy groups -OCH3 is 2. The molecule has 3 amide bonds. The van der Waals surface area contributed by atoms with Crippen molar-refractivity contribution in [1.29, 1.82) is 0 Å². The average molecular weight is 1620 g/mol. The van der Waals surface area contributed by atoms with Crippen molar-refractivity contribution in [2.75, 3.05) is 91.6 Å². The van der Waals surface area contributed by atoms with Crippen LogP contribution in [0.3, 0.4) is 0 Å². The molecule has 4 aromatic heterocycles. The minimum atomic E-state index is -2.49. The number of nitrogen functional groups attached to an aromatic ring is 2. The van der Waals surface area contributed by atoms with Gasteiger partial charge in [-0.3, -0.25) is 28.8 Å². The second-order valence-electron chi connectivity index (χ2n) is 31.3. The molecule has 9 rings (SSSR count). The van der Waals surface area contributed by atoms with Crippen LogP contribution in [0.15, 0.2) is 82.7 Å². The topological polar surface area (TPSA) is 460 Å². The number of unbranched alkanes of at least 4 members (excludes halogenated alkanes) is 2. The third-order valence-corrected chi connectivity index (χ3v) is 22.4. The average Bonchev–Trinajstić information content (AvgIpc) is 1.47. The smallest absolute Gasteiger partial charge is 0.329 e. The lowest BCUT2D eigenvalue weighted by atomic mass is 9.80. The number of benzene rings is 1. The Morgan fingerprint density at radius 1 is 0.776 bits per heavy atom. The van der Waals surface area contributed by atoms with Gasteiger partial charge in [0.1, 0.15) is 53.5 Å². The first-order valence-corrected chi connectivity index (χ1v) is 41.1. The number of aryl methyl sites for hydroxylation is 2. The summed E-state index contributed by atoms with van der Waals surface area (Å²) < 4.78 is 56.7. The number of aliphatic hydroxyl groups is 3. The number of carbonyl (C=O) groups excluding carboxylic acids is 7. The quantitative estimate of drug-likeness (QED) is 0.00983. The van der Waals surface area contributed by atoms with Gasteiger partial charge in [-0.2, -0.15) is 10.1 Å². The molecular weight excluding hydrogens is 1500 g/mol. The van der Waals surface area contributed by atoms with E-state index in [-0.39, 0.29) is 92.7 Å². The molecule has 11 N–H and O–H groups in total. The lowest BCUT2D eigenvalue weighted by Gasteiger charge is -2.42. The Kier molecular flexibility index (Phi) is 35.7. The number of hydrogen-bond acceptors (Lipinski definition) is 28. The number of nitrogens with two attached hydrogens (primary N) is 3. The van der Waals surface area contributed by atoms with Crippen molar-refractivity contribution in [3.8, 4) is 11.3 Å². The monoisotopic (exact) mass is 1620 g/mol. The minimum absolute atomic E-state index is 0.0223. The Morgan fingerprint density at radius 2 is 1.53 bits per heavy atom. The zero-order valence-corrected chi connectivity index (χ0v) is 68.5. The van der Waals surface area contributed by atoms with Crippen LogP contribution in [0.4, 0.5) is 11.8 Å². The van der Waals surface area contributed by atoms with Gasteiger partial charge in [0.25, 0.3) is 17.7 Å². The molecule has 7 unspecified atom stereocenters. The number of Topliss-reactive ketones (excluding diaryl/α,β-unsaturated/α-hetero) is 3. The summed E-state index contributed by atoms with van der Waals surface area (Å²) in [7, 11) is 3.19. The van der Waals surface area contributed by atoms with Crippen molar-refractivity contribution in [2.24, 2.45) is 35.3 Å². The van der Waals surface area contributed by atoms with Crippen LogP contribution in [0.25, 0.3) is 33.4 Å². The molecule has 2 saturated heterocycles. The summed E-state index contributed by atoms with van der Waals surface area (Å²) in [5.74, 6) is -9.10. The van der Waals surface area contributed by atoms with Crippen LogP contribution < -0.4 is 27.8 Å². The van der Waals surface area contributed by atoms with Crippen LogP contribution >= 0.6 is 0 Å². The van der Waals surface area contributed by atoms with Crippen LogP contribution in [0.1, 0.15) is 163 Å². The maximum Gasteiger partial charge on any atom is 0.329 e. The molecule has 1 aromatic carbocycles. The van der Waals surface area contributed by atoms with Gasteiger partial charge in [-0.15, -0.1) is 5.10 Å². The molecule has 1 saturated carbocycles. The fraction of sp³-hybridized carbons (Fsp3) is 0.651. The normalized spacial score (nSPS) is 27.1. The Morgan fingerprint density at radius 3 is 2.28 bits per heavy atom. The molecule has 4 aliphatic rings. The number of cyclic esters (lactones) is 1. The predicted octanol–water partition coefficient (Wildman–Crippen LogP) is 6.51. The summed E-state index contributed by atoms with van der Waals surface area (Å²) in [4.78, 5) is 110. The van der Waals surface area contributed by atoms with Gasteiger partial charge in [-0.05, 0) is 151 Å². The molecule has 116 heavy (non-hydrogen) atoms. The van der Waals surface area contributed by atoms with Crippen molar-refractivity contribution in [3.05, 3.63) is 84.0 Å². The van der Waals surface area contributed by atoms with Crippen molar-refractivity contribution >= 4 is 75.0 Å². The summed E-state index contributed by atoms with van der Waals surface area (Å²) in [6.45, 7) is 14.7. The van der Waals surface area contributed by atoms with Gasteiger partial charge < -0.3 is 90.4 Å². The van der Waals surface area contributed by atoms with Gasteiger partial charge in [0, 0.05) is 108 Å². The van der Waals surface area contributed by atoms with Crippen molar-refractivity contribution in [3.63, 3.8) is 0 Å². The first-order valence-electron chi connectivity index (χ1n) is 41.1. The van der Waals surface area contributed by atoms with Crippen molar-refractivity contribution in [2.45, 2.75) is 237 Å². The van der Waals surface area contributed by atoms with Gasteiger partial charge in [-0.1, -0.05) is 69.4 Å². The second kappa shape index (κ2) is 45.4. The molecule has 15 atom stereocenters. The number of aliphatic hydroxyl groups excluding tert-OH is 2. The number of oxazole rings is 1. The van der Waals surface area contributed by atoms with Gasteiger partial charge >= 0.3 is 5.97 Å². The summed E-state index contributed by atoms with van der Waals surface area (Å²) in [5.41, 5.74) is 24.1. The highest BCUT2D eigenvalue weighted by molar-refractivity contribution is 6.39. The third kappa shape index (κ3) is 26.2. The number of ether oxygens (including phenoxy) is 8. The molecular formula is C83H122N14O19. The Hall–Kier alpha value is -8.61. The fourth-order valence-corrected chi connectivity index (χ4v) is 15.5. The Bertz CT molecular complexity index is 4180. The summed E-state index contributed by atoms with van der Waals surface area (Å²) >= 11 is 0. The van der Waals surface area contributed by atoms with Crippen LogP contribution in [0.2, 0.25) is 0 Å². The van der Waals surface area contributed by atoms with Crippen molar-refractivity contribution < 1.29 is 91.2 Å². The third-order valence-electron chi connectivity index (χ3n) is 22.4. The lowest BCUT2D eigenvalue weighted by molar-refractivity contribution is -0.265. The van der Waals surface area contributed by atoms with Gasteiger partial charge in [0.2, 0.25) is 17.6 Å². The second-order valence-corrected chi connectivity index (χ2v) is 31.3. The lowest BCUT2D eigenvalue weighted by Crippen LogP contribution is -2.61. The van der Waals surface area contributed by atoms with Crippen LogP contribution in [0, 0.1) is 29.6 Å². The number of nitrogens with zero attached hydrogens (tertiary/aromatic N) is 9. The van der Waals surface area contributed by atoms with E-state index in [2.05, 4.69) is 35.9 Å². The van der Waals surface area contributed by atoms with E-state index in [0.29, 0.717) is 177 Å². The highest BCUT2D eigenvalue weighted by Crippen LogP contribution is 2.39. The molecule has 5 aromatic rings. The number of amides is 3. The molecule has 3 fully saturated rings. The van der Waals surface area contributed by atoms with Crippen LogP contribution in [-0.4, -0.2) is 242 Å². The maximum absolute atomic E-state index is 14.7. The Labute approximate surface area is 677 Å².